The molecule has 1 aromatic rings. The summed E-state index contributed by atoms with van der Waals surface area (Å²) in [7, 11) is 0. The lowest BCUT2D eigenvalue weighted by Crippen LogP contribution is -2.43. The van der Waals surface area contributed by atoms with E-state index in [1.807, 2.05) is 25.1 Å². The zero-order valence-corrected chi connectivity index (χ0v) is 13.3. The van der Waals surface area contributed by atoms with Crippen LogP contribution in [0, 0.1) is 12.8 Å². The van der Waals surface area contributed by atoms with Gasteiger partial charge in [0.15, 0.2) is 6.61 Å². The normalized spacial score (nSPS) is 17.7. The van der Waals surface area contributed by atoms with E-state index in [1.165, 1.54) is 0 Å². The van der Waals surface area contributed by atoms with Crippen molar-refractivity contribution < 1.29 is 19.1 Å². The fourth-order valence-corrected chi connectivity index (χ4v) is 2.53. The molecule has 124 valence electrons. The molecule has 6 heteroatoms. The Morgan fingerprint density at radius 1 is 1.30 bits per heavy atom. The third kappa shape index (κ3) is 4.01. The van der Waals surface area contributed by atoms with E-state index in [-0.39, 0.29) is 24.3 Å². The summed E-state index contributed by atoms with van der Waals surface area (Å²) in [5, 5.41) is 2.93. The second-order valence-corrected chi connectivity index (χ2v) is 5.97. The molecule has 1 aliphatic carbocycles. The summed E-state index contributed by atoms with van der Waals surface area (Å²) in [6.07, 6.45) is 1.93. The maximum absolute atomic E-state index is 12.1. The van der Waals surface area contributed by atoms with Crippen LogP contribution in [-0.4, -0.2) is 49.6 Å². The van der Waals surface area contributed by atoms with Crippen LogP contribution in [0.4, 0.5) is 5.69 Å². The summed E-state index contributed by atoms with van der Waals surface area (Å²) >= 11 is 0. The number of carbonyl (C=O) groups is 2. The van der Waals surface area contributed by atoms with Crippen molar-refractivity contribution in [2.45, 2.75) is 19.8 Å². The number of nitrogens with zero attached hydrogens (tertiary/aromatic N) is 1. The summed E-state index contributed by atoms with van der Waals surface area (Å²) in [4.78, 5) is 25.8. The Hall–Kier alpha value is -2.08. The van der Waals surface area contributed by atoms with Gasteiger partial charge in [0.25, 0.3) is 5.91 Å². The van der Waals surface area contributed by atoms with Crippen molar-refractivity contribution in [2.75, 3.05) is 38.2 Å². The summed E-state index contributed by atoms with van der Waals surface area (Å²) in [6.45, 7) is 4.26. The molecule has 0 atom stereocenters. The van der Waals surface area contributed by atoms with E-state index >= 15 is 0 Å². The average Bonchev–Trinajstić information content (AvgIpc) is 3.41. The van der Waals surface area contributed by atoms with Crippen molar-refractivity contribution in [2.24, 2.45) is 5.92 Å². The van der Waals surface area contributed by atoms with Gasteiger partial charge in [-0.1, -0.05) is 6.07 Å². The lowest BCUT2D eigenvalue weighted by molar-refractivity contribution is -0.137. The van der Waals surface area contributed by atoms with Gasteiger partial charge in [0.1, 0.15) is 5.75 Å². The van der Waals surface area contributed by atoms with E-state index in [1.54, 1.807) is 4.90 Å². The maximum atomic E-state index is 12.1. The minimum Gasteiger partial charge on any atom is -0.483 e. The standard InChI is InChI=1S/C17H22N2O4/c1-12-14(18-17(21)13-5-6-13)3-2-4-15(12)23-11-16(20)19-7-9-22-10-8-19/h2-4,13H,5-11H2,1H3,(H,18,21). The van der Waals surface area contributed by atoms with Crippen LogP contribution in [0.1, 0.15) is 18.4 Å². The highest BCUT2D eigenvalue weighted by Gasteiger charge is 2.30. The van der Waals surface area contributed by atoms with Crippen molar-refractivity contribution in [3.05, 3.63) is 23.8 Å². The zero-order valence-electron chi connectivity index (χ0n) is 13.3. The van der Waals surface area contributed by atoms with Crippen molar-refractivity contribution >= 4 is 17.5 Å². The third-order valence-corrected chi connectivity index (χ3v) is 4.21. The fourth-order valence-electron chi connectivity index (χ4n) is 2.53. The van der Waals surface area contributed by atoms with Gasteiger partial charge in [-0.15, -0.1) is 0 Å². The largest absolute Gasteiger partial charge is 0.483 e. The molecule has 1 heterocycles. The predicted molar refractivity (Wildman–Crippen MR) is 85.4 cm³/mol. The number of hydrogen-bond acceptors (Lipinski definition) is 4. The molecule has 1 aromatic carbocycles. The number of morpholine rings is 1. The average molecular weight is 318 g/mol. The van der Waals surface area contributed by atoms with Gasteiger partial charge in [-0.05, 0) is 31.9 Å². The number of ether oxygens (including phenoxy) is 2. The monoisotopic (exact) mass is 318 g/mol. The molecule has 2 amide bonds. The van der Waals surface area contributed by atoms with Crippen molar-refractivity contribution in [1.82, 2.24) is 4.90 Å². The Morgan fingerprint density at radius 2 is 2.04 bits per heavy atom. The van der Waals surface area contributed by atoms with Crippen molar-refractivity contribution in [3.63, 3.8) is 0 Å². The van der Waals surface area contributed by atoms with Gasteiger partial charge in [0, 0.05) is 30.3 Å². The molecule has 1 N–H and O–H groups in total. The summed E-state index contributed by atoms with van der Waals surface area (Å²) < 4.78 is 10.9. The molecule has 0 aromatic heterocycles. The maximum Gasteiger partial charge on any atom is 0.260 e. The van der Waals surface area contributed by atoms with Crippen molar-refractivity contribution in [3.8, 4) is 5.75 Å². The number of carbonyl (C=O) groups excluding carboxylic acids is 2. The molecule has 3 rings (SSSR count). The van der Waals surface area contributed by atoms with Crippen LogP contribution in [0.15, 0.2) is 18.2 Å². The van der Waals surface area contributed by atoms with Gasteiger partial charge in [-0.2, -0.15) is 0 Å². The van der Waals surface area contributed by atoms with Crippen LogP contribution in [0.25, 0.3) is 0 Å². The summed E-state index contributed by atoms with van der Waals surface area (Å²) in [6, 6.07) is 5.49. The van der Waals surface area contributed by atoms with Crippen molar-refractivity contribution in [1.29, 1.82) is 0 Å². The number of rotatable bonds is 5. The first-order chi connectivity index (χ1) is 11.1. The molecule has 6 nitrogen and oxygen atoms in total. The van der Waals surface area contributed by atoms with Crippen LogP contribution in [-0.2, 0) is 14.3 Å². The molecular weight excluding hydrogens is 296 g/mol. The Morgan fingerprint density at radius 3 is 2.74 bits per heavy atom. The number of hydrogen-bond donors (Lipinski definition) is 1. The molecule has 23 heavy (non-hydrogen) atoms. The van der Waals surface area contributed by atoms with Gasteiger partial charge >= 0.3 is 0 Å². The smallest absolute Gasteiger partial charge is 0.260 e. The molecule has 1 aliphatic heterocycles. The molecule has 1 saturated carbocycles. The van der Waals surface area contributed by atoms with E-state index < -0.39 is 0 Å². The van der Waals surface area contributed by atoms with Gasteiger partial charge in [-0.3, -0.25) is 9.59 Å². The van der Waals surface area contributed by atoms with Gasteiger partial charge in [-0.25, -0.2) is 0 Å². The molecule has 0 unspecified atom stereocenters. The SMILES string of the molecule is Cc1c(NC(=O)C2CC2)cccc1OCC(=O)N1CCOCC1. The van der Waals surface area contributed by atoms with Crippen LogP contribution in [0.2, 0.25) is 0 Å². The van der Waals surface area contributed by atoms with Crippen LogP contribution < -0.4 is 10.1 Å². The number of anilines is 1. The zero-order chi connectivity index (χ0) is 16.2. The third-order valence-electron chi connectivity index (χ3n) is 4.21. The Kier molecular flexibility index (Phi) is 4.81. The molecule has 0 radical (unpaired) electrons. The first-order valence-electron chi connectivity index (χ1n) is 8.04. The highest BCUT2D eigenvalue weighted by atomic mass is 16.5. The lowest BCUT2D eigenvalue weighted by atomic mass is 10.1. The highest BCUT2D eigenvalue weighted by molar-refractivity contribution is 5.95. The second kappa shape index (κ2) is 7.00. The van der Waals surface area contributed by atoms with E-state index in [4.69, 9.17) is 9.47 Å². The first-order valence-corrected chi connectivity index (χ1v) is 8.04. The highest BCUT2D eigenvalue weighted by Crippen LogP contribution is 2.32. The second-order valence-electron chi connectivity index (χ2n) is 5.97. The number of amides is 2. The van der Waals surface area contributed by atoms with Gasteiger partial charge < -0.3 is 19.7 Å². The summed E-state index contributed by atoms with van der Waals surface area (Å²) in [5.74, 6) is 0.803. The molecular formula is C17H22N2O4. The van der Waals surface area contributed by atoms with E-state index in [0.717, 1.165) is 24.1 Å². The number of nitrogens with one attached hydrogen (secondary N) is 1. The molecule has 2 aliphatic rings. The molecule has 0 bridgehead atoms. The first kappa shape index (κ1) is 15.8. The Bertz CT molecular complexity index is 592. The van der Waals surface area contributed by atoms with E-state index in [2.05, 4.69) is 5.32 Å². The van der Waals surface area contributed by atoms with Crippen LogP contribution in [0.3, 0.4) is 0 Å². The predicted octanol–water partition coefficient (Wildman–Crippen LogP) is 1.58. The topological polar surface area (TPSA) is 67.9 Å². The Labute approximate surface area is 135 Å². The minimum atomic E-state index is -0.0416. The fraction of sp³-hybridized carbons (Fsp3) is 0.529. The van der Waals surface area contributed by atoms with Crippen LogP contribution >= 0.6 is 0 Å². The van der Waals surface area contributed by atoms with Crippen LogP contribution in [0.5, 0.6) is 5.75 Å². The quantitative estimate of drug-likeness (QED) is 0.895. The summed E-state index contributed by atoms with van der Waals surface area (Å²) in [5.41, 5.74) is 1.59. The van der Waals surface area contributed by atoms with E-state index in [0.29, 0.717) is 32.1 Å². The lowest BCUT2D eigenvalue weighted by Gasteiger charge is -2.26. The number of benzene rings is 1. The van der Waals surface area contributed by atoms with Gasteiger partial charge in [0.05, 0.1) is 13.2 Å². The Balaban J connectivity index is 1.58. The molecule has 0 spiro atoms. The minimum absolute atomic E-state index is 0.000858. The molecule has 1 saturated heterocycles. The van der Waals surface area contributed by atoms with Gasteiger partial charge in [0.2, 0.25) is 5.91 Å². The molecule has 2 fully saturated rings. The van der Waals surface area contributed by atoms with E-state index in [9.17, 15) is 9.59 Å².